The molecular weight excluding hydrogens is 412 g/mol. The first-order chi connectivity index (χ1) is 14.7. The number of nitrogens with one attached hydrogen (secondary N) is 2. The Morgan fingerprint density at radius 2 is 1.32 bits per heavy atom. The number of rotatable bonds is 7. The van der Waals surface area contributed by atoms with Crippen molar-refractivity contribution in [2.75, 3.05) is 16.6 Å². The van der Waals surface area contributed by atoms with Crippen molar-refractivity contribution in [3.8, 4) is 5.75 Å². The third-order valence-electron chi connectivity index (χ3n) is 4.92. The van der Waals surface area contributed by atoms with E-state index >= 15 is 0 Å². The minimum Gasteiger partial charge on any atom is -0.483 e. The summed E-state index contributed by atoms with van der Waals surface area (Å²) in [4.78, 5) is 12.4. The monoisotopic (exact) mass is 438 g/mol. The number of hydrogen-bond acceptors (Lipinski definition) is 4. The zero-order chi connectivity index (χ0) is 22.6. The van der Waals surface area contributed by atoms with E-state index in [4.69, 9.17) is 4.74 Å². The van der Waals surface area contributed by atoms with Gasteiger partial charge in [-0.1, -0.05) is 36.4 Å². The fraction of sp³-hybridized carbons (Fsp3) is 0.208. The van der Waals surface area contributed by atoms with Gasteiger partial charge in [0, 0.05) is 5.69 Å². The Bertz CT molecular complexity index is 1160. The molecule has 7 heteroatoms. The van der Waals surface area contributed by atoms with E-state index in [-0.39, 0.29) is 17.4 Å². The maximum atomic E-state index is 12.7. The molecule has 3 aromatic rings. The van der Waals surface area contributed by atoms with E-state index in [2.05, 4.69) is 10.0 Å². The molecule has 0 atom stereocenters. The van der Waals surface area contributed by atoms with Crippen LogP contribution in [0.15, 0.2) is 65.6 Å². The Morgan fingerprint density at radius 3 is 1.87 bits per heavy atom. The standard InChI is InChI=1S/C24H26N2O4S/c1-16-7-5-8-17(2)23(16)26-31(28,29)21-13-11-20(12-14-21)25-22(27)15-30-24-18(3)9-6-10-19(24)4/h5-14,26H,15H2,1-4H3,(H,25,27). The van der Waals surface area contributed by atoms with Crippen molar-refractivity contribution in [1.82, 2.24) is 0 Å². The fourth-order valence-electron chi connectivity index (χ4n) is 3.25. The van der Waals surface area contributed by atoms with Gasteiger partial charge in [0.25, 0.3) is 15.9 Å². The lowest BCUT2D eigenvalue weighted by Crippen LogP contribution is -2.21. The molecule has 1 amide bonds. The van der Waals surface area contributed by atoms with Gasteiger partial charge in [-0.3, -0.25) is 9.52 Å². The highest BCUT2D eigenvalue weighted by Gasteiger charge is 2.17. The molecule has 6 nitrogen and oxygen atoms in total. The Hall–Kier alpha value is -3.32. The zero-order valence-corrected chi connectivity index (χ0v) is 18.8. The first-order valence-electron chi connectivity index (χ1n) is 9.85. The van der Waals surface area contributed by atoms with Gasteiger partial charge in [0.05, 0.1) is 10.6 Å². The van der Waals surface area contributed by atoms with Crippen LogP contribution in [0.25, 0.3) is 0 Å². The number of carbonyl (C=O) groups excluding carboxylic acids is 1. The average molecular weight is 439 g/mol. The smallest absolute Gasteiger partial charge is 0.262 e. The van der Waals surface area contributed by atoms with Gasteiger partial charge in [0.15, 0.2) is 6.61 Å². The number of para-hydroxylation sites is 2. The van der Waals surface area contributed by atoms with Gasteiger partial charge in [0.2, 0.25) is 0 Å². The number of anilines is 2. The number of sulfonamides is 1. The van der Waals surface area contributed by atoms with Crippen LogP contribution in [-0.4, -0.2) is 20.9 Å². The average Bonchev–Trinajstić information content (AvgIpc) is 2.71. The topological polar surface area (TPSA) is 84.5 Å². The second-order valence-corrected chi connectivity index (χ2v) is 9.14. The highest BCUT2D eigenvalue weighted by Crippen LogP contribution is 2.24. The zero-order valence-electron chi connectivity index (χ0n) is 18.0. The van der Waals surface area contributed by atoms with Gasteiger partial charge in [0.1, 0.15) is 5.75 Å². The summed E-state index contributed by atoms with van der Waals surface area (Å²) in [6, 6.07) is 17.4. The van der Waals surface area contributed by atoms with Crippen LogP contribution in [0.3, 0.4) is 0 Å². The molecule has 162 valence electrons. The van der Waals surface area contributed by atoms with E-state index in [0.29, 0.717) is 17.1 Å². The lowest BCUT2D eigenvalue weighted by molar-refractivity contribution is -0.118. The summed E-state index contributed by atoms with van der Waals surface area (Å²) in [6.07, 6.45) is 0. The maximum Gasteiger partial charge on any atom is 0.262 e. The van der Waals surface area contributed by atoms with Crippen LogP contribution >= 0.6 is 0 Å². The number of benzene rings is 3. The van der Waals surface area contributed by atoms with Gasteiger partial charge >= 0.3 is 0 Å². The molecular formula is C24H26N2O4S. The van der Waals surface area contributed by atoms with E-state index in [1.165, 1.54) is 12.1 Å². The van der Waals surface area contributed by atoms with Crippen LogP contribution in [0.5, 0.6) is 5.75 Å². The first-order valence-corrected chi connectivity index (χ1v) is 11.3. The molecule has 0 saturated carbocycles. The SMILES string of the molecule is Cc1cccc(C)c1NS(=O)(=O)c1ccc(NC(=O)COc2c(C)cccc2C)cc1. The van der Waals surface area contributed by atoms with E-state index < -0.39 is 10.0 Å². The molecule has 0 unspecified atom stereocenters. The molecule has 0 fully saturated rings. The molecule has 31 heavy (non-hydrogen) atoms. The maximum absolute atomic E-state index is 12.7. The van der Waals surface area contributed by atoms with Crippen LogP contribution in [0, 0.1) is 27.7 Å². The second-order valence-electron chi connectivity index (χ2n) is 7.45. The van der Waals surface area contributed by atoms with Crippen LogP contribution in [0.2, 0.25) is 0 Å². The molecule has 0 saturated heterocycles. The van der Waals surface area contributed by atoms with Gasteiger partial charge in [-0.05, 0) is 74.2 Å². The lowest BCUT2D eigenvalue weighted by atomic mass is 10.1. The van der Waals surface area contributed by atoms with E-state index in [0.717, 1.165) is 22.3 Å². The highest BCUT2D eigenvalue weighted by molar-refractivity contribution is 7.92. The van der Waals surface area contributed by atoms with Crippen molar-refractivity contribution in [2.45, 2.75) is 32.6 Å². The van der Waals surface area contributed by atoms with Gasteiger partial charge in [-0.2, -0.15) is 0 Å². The molecule has 0 heterocycles. The van der Waals surface area contributed by atoms with Gasteiger partial charge < -0.3 is 10.1 Å². The second kappa shape index (κ2) is 9.22. The first kappa shape index (κ1) is 22.4. The third kappa shape index (κ3) is 5.44. The van der Waals surface area contributed by atoms with Crippen molar-refractivity contribution >= 4 is 27.3 Å². The van der Waals surface area contributed by atoms with Crippen molar-refractivity contribution in [1.29, 1.82) is 0 Å². The Labute approximate surface area is 183 Å². The molecule has 0 aliphatic heterocycles. The van der Waals surface area contributed by atoms with Crippen LogP contribution in [0.4, 0.5) is 11.4 Å². The fourth-order valence-corrected chi connectivity index (χ4v) is 4.45. The molecule has 0 aliphatic rings. The molecule has 0 bridgehead atoms. The Morgan fingerprint density at radius 1 is 0.806 bits per heavy atom. The van der Waals surface area contributed by atoms with Crippen molar-refractivity contribution in [2.24, 2.45) is 0 Å². The Kier molecular flexibility index (Phi) is 6.65. The van der Waals surface area contributed by atoms with E-state index in [9.17, 15) is 13.2 Å². The third-order valence-corrected chi connectivity index (χ3v) is 6.29. The number of ether oxygens (including phenoxy) is 1. The Balaban J connectivity index is 1.65. The lowest BCUT2D eigenvalue weighted by Gasteiger charge is -2.14. The summed E-state index contributed by atoms with van der Waals surface area (Å²) in [5.41, 5.74) is 4.66. The summed E-state index contributed by atoms with van der Waals surface area (Å²) in [7, 11) is -3.75. The minimum atomic E-state index is -3.75. The van der Waals surface area contributed by atoms with Crippen LogP contribution in [0.1, 0.15) is 22.3 Å². The van der Waals surface area contributed by atoms with Crippen molar-refractivity contribution in [3.05, 3.63) is 82.9 Å². The number of carbonyl (C=O) groups is 1. The van der Waals surface area contributed by atoms with E-state index in [1.54, 1.807) is 12.1 Å². The summed E-state index contributed by atoms with van der Waals surface area (Å²) < 4.78 is 33.8. The predicted octanol–water partition coefficient (Wildman–Crippen LogP) is 4.74. The summed E-state index contributed by atoms with van der Waals surface area (Å²) in [5, 5.41) is 2.72. The van der Waals surface area contributed by atoms with E-state index in [1.807, 2.05) is 64.1 Å². The summed E-state index contributed by atoms with van der Waals surface area (Å²) >= 11 is 0. The largest absolute Gasteiger partial charge is 0.483 e. The number of hydrogen-bond donors (Lipinski definition) is 2. The molecule has 0 aromatic heterocycles. The molecule has 3 aromatic carbocycles. The van der Waals surface area contributed by atoms with Gasteiger partial charge in [-0.25, -0.2) is 8.42 Å². The van der Waals surface area contributed by atoms with Crippen molar-refractivity contribution < 1.29 is 17.9 Å². The quantitative estimate of drug-likeness (QED) is 0.558. The number of amides is 1. The predicted molar refractivity (Wildman–Crippen MR) is 123 cm³/mol. The van der Waals surface area contributed by atoms with Crippen LogP contribution < -0.4 is 14.8 Å². The minimum absolute atomic E-state index is 0.111. The molecule has 0 spiro atoms. The van der Waals surface area contributed by atoms with Gasteiger partial charge in [-0.15, -0.1) is 0 Å². The molecule has 0 radical (unpaired) electrons. The number of aryl methyl sites for hydroxylation is 4. The normalized spacial score (nSPS) is 11.1. The van der Waals surface area contributed by atoms with Crippen molar-refractivity contribution in [3.63, 3.8) is 0 Å². The summed E-state index contributed by atoms with van der Waals surface area (Å²) in [6.45, 7) is 7.41. The highest BCUT2D eigenvalue weighted by atomic mass is 32.2. The molecule has 3 rings (SSSR count). The molecule has 0 aliphatic carbocycles. The molecule has 2 N–H and O–H groups in total. The van der Waals surface area contributed by atoms with Crippen LogP contribution in [-0.2, 0) is 14.8 Å². The summed E-state index contributed by atoms with van der Waals surface area (Å²) in [5.74, 6) is 0.364.